The van der Waals surface area contributed by atoms with Crippen LogP contribution in [-0.4, -0.2) is 29.1 Å². The molecule has 0 N–H and O–H groups in total. The zero-order valence-electron chi connectivity index (χ0n) is 6.38. The van der Waals surface area contributed by atoms with Crippen molar-refractivity contribution in [3.63, 3.8) is 0 Å². The van der Waals surface area contributed by atoms with Crippen LogP contribution in [-0.2, 0) is 0 Å². The van der Waals surface area contributed by atoms with Crippen LogP contribution in [0.4, 0.5) is 35.1 Å². The molecule has 0 bridgehead atoms. The number of hydrogen-bond acceptors (Lipinski definition) is 2. The lowest BCUT2D eigenvalue weighted by Gasteiger charge is -2.31. The molecule has 0 aliphatic carbocycles. The van der Waals surface area contributed by atoms with E-state index in [0.29, 0.717) is 6.26 Å². The van der Waals surface area contributed by atoms with Crippen LogP contribution < -0.4 is 0 Å². The summed E-state index contributed by atoms with van der Waals surface area (Å²) in [6.45, 7) is 0. The van der Waals surface area contributed by atoms with Gasteiger partial charge in [0, 0.05) is 0 Å². The Hall–Kier alpha value is -0.250. The van der Waals surface area contributed by atoms with E-state index in [1.165, 1.54) is 0 Å². The third-order valence-corrected chi connectivity index (χ3v) is 1.69. The van der Waals surface area contributed by atoms with Crippen LogP contribution in [0.3, 0.4) is 0 Å². The van der Waals surface area contributed by atoms with Gasteiger partial charge in [-0.1, -0.05) is 11.8 Å². The lowest BCUT2D eigenvalue weighted by Crippen LogP contribution is -2.56. The van der Waals surface area contributed by atoms with Crippen molar-refractivity contribution in [1.29, 1.82) is 0 Å². The number of nitrogens with zero attached hydrogens (tertiary/aromatic N) is 1. The van der Waals surface area contributed by atoms with Crippen LogP contribution in [0.5, 0.6) is 0 Å². The number of thioether (sulfide) groups is 1. The first-order valence-corrected chi connectivity index (χ1v) is 4.02. The number of hydrogen-bond donors (Lipinski definition) is 0. The van der Waals surface area contributed by atoms with Crippen LogP contribution in [0.1, 0.15) is 0 Å². The maximum atomic E-state index is 12.3. The van der Waals surface area contributed by atoms with Crippen molar-refractivity contribution >= 4 is 11.8 Å². The normalized spacial score (nSPS) is 15.0. The quantitative estimate of drug-likeness (QED) is 0.420. The van der Waals surface area contributed by atoms with E-state index in [-0.39, 0.29) is 0 Å². The molecule has 0 unspecified atom stereocenters. The van der Waals surface area contributed by atoms with Gasteiger partial charge in [-0.05, 0) is 11.2 Å². The Kier molecular flexibility index (Phi) is 3.65. The first-order chi connectivity index (χ1) is 5.93. The fourth-order valence-electron chi connectivity index (χ4n) is 0.530. The molecule has 14 heavy (non-hydrogen) atoms. The minimum absolute atomic E-state index is 0.435. The molecule has 0 heterocycles. The van der Waals surface area contributed by atoms with E-state index in [2.05, 4.69) is 0 Å². The second-order valence-corrected chi connectivity index (χ2v) is 2.86. The predicted octanol–water partition coefficient (Wildman–Crippen LogP) is 3.24. The van der Waals surface area contributed by atoms with E-state index in [1.807, 2.05) is 0 Å². The summed E-state index contributed by atoms with van der Waals surface area (Å²) in [5.74, 6) is 0. The molecule has 0 rings (SSSR count). The third-order valence-electron chi connectivity index (χ3n) is 1.01. The molecule has 0 radical (unpaired) electrons. The fourth-order valence-corrected chi connectivity index (χ4v) is 0.920. The van der Waals surface area contributed by atoms with Gasteiger partial charge in [0.1, 0.15) is 0 Å². The highest BCUT2D eigenvalue weighted by Crippen LogP contribution is 2.45. The Balaban J connectivity index is 5.14. The summed E-state index contributed by atoms with van der Waals surface area (Å²) in [5.41, 5.74) is 0. The molecule has 0 aliphatic rings. The minimum Gasteiger partial charge on any atom is -0.177 e. The van der Waals surface area contributed by atoms with Gasteiger partial charge in [0.25, 0.3) is 0 Å². The molecule has 0 saturated carbocycles. The summed E-state index contributed by atoms with van der Waals surface area (Å²) in [4.78, 5) is -2.75. The molecule has 0 atom stereocenters. The van der Waals surface area contributed by atoms with Gasteiger partial charge < -0.3 is 0 Å². The molecule has 1 nitrogen and oxygen atoms in total. The summed E-state index contributed by atoms with van der Waals surface area (Å²) >= 11 is -0.858. The zero-order valence-corrected chi connectivity index (χ0v) is 7.20. The van der Waals surface area contributed by atoms with Gasteiger partial charge in [-0.25, -0.2) is 0 Å². The van der Waals surface area contributed by atoms with E-state index >= 15 is 0 Å². The van der Waals surface area contributed by atoms with Gasteiger partial charge in [-0.3, -0.25) is 0 Å². The lowest BCUT2D eigenvalue weighted by atomic mass is 10.8. The molecule has 0 aromatic rings. The zero-order chi connectivity index (χ0) is 11.8. The SMILES string of the molecule is CSC(F)(F)N(C(F)(F)F)C(F)(F)F. The number of alkyl halides is 8. The molecular weight excluding hydrogens is 246 g/mol. The van der Waals surface area contributed by atoms with Crippen molar-refractivity contribution in [2.75, 3.05) is 6.26 Å². The Bertz CT molecular complexity index is 180. The second kappa shape index (κ2) is 3.72. The highest BCUT2D eigenvalue weighted by Gasteiger charge is 2.65. The minimum atomic E-state index is -6.18. The van der Waals surface area contributed by atoms with Gasteiger partial charge >= 0.3 is 18.0 Å². The molecule has 0 aliphatic heterocycles. The molecule has 0 amide bonds. The second-order valence-electron chi connectivity index (χ2n) is 1.96. The Morgan fingerprint density at radius 2 is 1.07 bits per heavy atom. The average molecular weight is 249 g/mol. The van der Waals surface area contributed by atoms with Crippen LogP contribution in [0, 0.1) is 0 Å². The summed E-state index contributed by atoms with van der Waals surface area (Å²) < 4.78 is 94.2. The lowest BCUT2D eigenvalue weighted by molar-refractivity contribution is -0.419. The summed E-state index contributed by atoms with van der Waals surface area (Å²) in [5, 5.41) is -5.07. The van der Waals surface area contributed by atoms with Crippen molar-refractivity contribution in [1.82, 2.24) is 4.90 Å². The highest BCUT2D eigenvalue weighted by molar-refractivity contribution is 7.99. The topological polar surface area (TPSA) is 3.24 Å². The maximum Gasteiger partial charge on any atom is 0.472 e. The van der Waals surface area contributed by atoms with Gasteiger partial charge in [-0.2, -0.15) is 35.1 Å². The summed E-state index contributed by atoms with van der Waals surface area (Å²) in [7, 11) is 0. The van der Waals surface area contributed by atoms with E-state index in [1.54, 1.807) is 0 Å². The van der Waals surface area contributed by atoms with E-state index in [0.717, 1.165) is 0 Å². The van der Waals surface area contributed by atoms with Gasteiger partial charge in [0.05, 0.1) is 0 Å². The van der Waals surface area contributed by atoms with Crippen molar-refractivity contribution in [3.8, 4) is 0 Å². The third kappa shape index (κ3) is 3.15. The van der Waals surface area contributed by atoms with Crippen LogP contribution in [0.15, 0.2) is 0 Å². The molecule has 10 heteroatoms. The van der Waals surface area contributed by atoms with E-state index in [4.69, 9.17) is 0 Å². The van der Waals surface area contributed by atoms with Crippen LogP contribution >= 0.6 is 11.8 Å². The van der Waals surface area contributed by atoms with Crippen molar-refractivity contribution in [3.05, 3.63) is 0 Å². The standard InChI is InChI=1S/C4H3F8NS/c1-14-4(11,12)13(2(5,6)7)3(8,9)10/h1H3. The van der Waals surface area contributed by atoms with Crippen LogP contribution in [0.2, 0.25) is 0 Å². The Morgan fingerprint density at radius 1 is 0.786 bits per heavy atom. The van der Waals surface area contributed by atoms with Gasteiger partial charge in [-0.15, -0.1) is 0 Å². The van der Waals surface area contributed by atoms with E-state index in [9.17, 15) is 35.1 Å². The number of halogens is 8. The molecular formula is C4H3F8NS. The van der Waals surface area contributed by atoms with Crippen LogP contribution in [0.25, 0.3) is 0 Å². The van der Waals surface area contributed by atoms with Crippen molar-refractivity contribution in [2.45, 2.75) is 18.0 Å². The summed E-state index contributed by atoms with van der Waals surface area (Å²) in [6, 6.07) is 0. The Morgan fingerprint density at radius 3 is 1.14 bits per heavy atom. The largest absolute Gasteiger partial charge is 0.472 e. The predicted molar refractivity (Wildman–Crippen MR) is 32.4 cm³/mol. The molecule has 0 fully saturated rings. The first-order valence-electron chi connectivity index (χ1n) is 2.80. The molecule has 0 spiro atoms. The molecule has 0 saturated heterocycles. The number of rotatable bonds is 2. The first kappa shape index (κ1) is 13.8. The maximum absolute atomic E-state index is 12.3. The van der Waals surface area contributed by atoms with Crippen molar-refractivity contribution < 1.29 is 35.1 Å². The van der Waals surface area contributed by atoms with E-state index < -0.39 is 34.6 Å². The fraction of sp³-hybridized carbons (Fsp3) is 1.00. The highest BCUT2D eigenvalue weighted by atomic mass is 32.2. The van der Waals surface area contributed by atoms with Gasteiger partial charge in [0.2, 0.25) is 0 Å². The molecule has 0 aromatic heterocycles. The molecule has 0 aromatic carbocycles. The summed E-state index contributed by atoms with van der Waals surface area (Å²) in [6.07, 6.45) is -11.9. The van der Waals surface area contributed by atoms with Crippen molar-refractivity contribution in [2.24, 2.45) is 0 Å². The Labute approximate surface area is 77.0 Å². The average Bonchev–Trinajstić information content (AvgIpc) is 1.79. The monoisotopic (exact) mass is 249 g/mol. The smallest absolute Gasteiger partial charge is 0.177 e. The molecule has 86 valence electrons. The van der Waals surface area contributed by atoms with Gasteiger partial charge in [0.15, 0.2) is 0 Å².